The first-order chi connectivity index (χ1) is 11.7. The van der Waals surface area contributed by atoms with Crippen molar-refractivity contribution in [3.8, 4) is 0 Å². The summed E-state index contributed by atoms with van der Waals surface area (Å²) in [5, 5.41) is 0. The molecule has 2 aromatic rings. The third-order valence-corrected chi connectivity index (χ3v) is 7.41. The van der Waals surface area contributed by atoms with Crippen molar-refractivity contribution in [2.45, 2.75) is 30.6 Å². The molecule has 0 saturated heterocycles. The van der Waals surface area contributed by atoms with Gasteiger partial charge in [0, 0.05) is 13.1 Å². The van der Waals surface area contributed by atoms with Crippen LogP contribution >= 0.6 is 0 Å². The molecule has 6 nitrogen and oxygen atoms in total. The highest BCUT2D eigenvalue weighted by Gasteiger charge is 2.24. The maximum Gasteiger partial charge on any atom is 0.261 e. The van der Waals surface area contributed by atoms with Crippen molar-refractivity contribution >= 4 is 25.7 Å². The molecule has 0 amide bonds. The molecule has 2 rings (SSSR count). The van der Waals surface area contributed by atoms with E-state index in [1.54, 1.807) is 51.1 Å². The van der Waals surface area contributed by atoms with E-state index in [0.29, 0.717) is 18.7 Å². The maximum atomic E-state index is 12.8. The van der Waals surface area contributed by atoms with Crippen LogP contribution < -0.4 is 4.72 Å². The van der Waals surface area contributed by atoms with Crippen LogP contribution in [0, 0.1) is 6.92 Å². The van der Waals surface area contributed by atoms with Crippen LogP contribution in [0.25, 0.3) is 0 Å². The van der Waals surface area contributed by atoms with Crippen molar-refractivity contribution in [1.29, 1.82) is 0 Å². The molecule has 0 bridgehead atoms. The molecule has 0 saturated carbocycles. The molecule has 136 valence electrons. The first-order valence-corrected chi connectivity index (χ1v) is 10.8. The van der Waals surface area contributed by atoms with Gasteiger partial charge in [0.05, 0.1) is 15.5 Å². The van der Waals surface area contributed by atoms with Crippen molar-refractivity contribution in [3.63, 3.8) is 0 Å². The molecule has 1 N–H and O–H groups in total. The van der Waals surface area contributed by atoms with E-state index >= 15 is 0 Å². The summed E-state index contributed by atoms with van der Waals surface area (Å²) in [6, 6.07) is 12.4. The number of hydrogen-bond acceptors (Lipinski definition) is 4. The molecule has 0 heterocycles. The van der Waals surface area contributed by atoms with Crippen molar-refractivity contribution in [2.24, 2.45) is 0 Å². The van der Waals surface area contributed by atoms with Gasteiger partial charge in [-0.2, -0.15) is 4.31 Å². The minimum atomic E-state index is -3.78. The fourth-order valence-electron chi connectivity index (χ4n) is 2.46. The van der Waals surface area contributed by atoms with E-state index in [4.69, 9.17) is 0 Å². The standard InChI is InChI=1S/C17H22N2O4S2/c1-4-19(5-2)25(22,23)17-13-15(12-11-14(17)3)18-24(20,21)16-9-7-6-8-10-16/h6-13,18H,4-5H2,1-3H3. The van der Waals surface area contributed by atoms with E-state index in [0.717, 1.165) is 0 Å². The van der Waals surface area contributed by atoms with Gasteiger partial charge in [0.1, 0.15) is 0 Å². The quantitative estimate of drug-likeness (QED) is 0.798. The summed E-state index contributed by atoms with van der Waals surface area (Å²) in [5.74, 6) is 0. The number of rotatable bonds is 7. The molecule has 0 aromatic heterocycles. The molecule has 0 aliphatic rings. The lowest BCUT2D eigenvalue weighted by atomic mass is 10.2. The number of nitrogens with one attached hydrogen (secondary N) is 1. The molecule has 0 radical (unpaired) electrons. The number of anilines is 1. The van der Waals surface area contributed by atoms with Gasteiger partial charge < -0.3 is 0 Å². The van der Waals surface area contributed by atoms with Crippen LogP contribution in [0.5, 0.6) is 0 Å². The summed E-state index contributed by atoms with van der Waals surface area (Å²) in [5.41, 5.74) is 0.773. The molecule has 2 aromatic carbocycles. The van der Waals surface area contributed by atoms with Crippen LogP contribution in [0.1, 0.15) is 19.4 Å². The monoisotopic (exact) mass is 382 g/mol. The predicted molar refractivity (Wildman–Crippen MR) is 98.5 cm³/mol. The van der Waals surface area contributed by atoms with Gasteiger partial charge in [0.15, 0.2) is 0 Å². The summed E-state index contributed by atoms with van der Waals surface area (Å²) in [4.78, 5) is 0.216. The Morgan fingerprint density at radius 2 is 1.52 bits per heavy atom. The Morgan fingerprint density at radius 3 is 2.08 bits per heavy atom. The zero-order valence-corrected chi connectivity index (χ0v) is 16.1. The third kappa shape index (κ3) is 4.20. The predicted octanol–water partition coefficient (Wildman–Crippen LogP) is 2.83. The Balaban J connectivity index is 2.43. The summed E-state index contributed by atoms with van der Waals surface area (Å²) >= 11 is 0. The number of nitrogens with zero attached hydrogens (tertiary/aromatic N) is 1. The van der Waals surface area contributed by atoms with Crippen molar-refractivity contribution in [2.75, 3.05) is 17.8 Å². The first-order valence-electron chi connectivity index (χ1n) is 7.91. The third-order valence-electron chi connectivity index (χ3n) is 3.82. The lowest BCUT2D eigenvalue weighted by Crippen LogP contribution is -2.31. The fraction of sp³-hybridized carbons (Fsp3) is 0.294. The molecular formula is C17H22N2O4S2. The summed E-state index contributed by atoms with van der Waals surface area (Å²) in [6.45, 7) is 5.90. The summed E-state index contributed by atoms with van der Waals surface area (Å²) in [6.07, 6.45) is 0. The molecule has 0 atom stereocenters. The van der Waals surface area contributed by atoms with Crippen molar-refractivity contribution < 1.29 is 16.8 Å². The molecule has 0 unspecified atom stereocenters. The van der Waals surface area contributed by atoms with E-state index in [9.17, 15) is 16.8 Å². The maximum absolute atomic E-state index is 12.8. The SMILES string of the molecule is CCN(CC)S(=O)(=O)c1cc(NS(=O)(=O)c2ccccc2)ccc1C. The second-order valence-corrected chi connectivity index (χ2v) is 9.08. The van der Waals surface area contributed by atoms with Crippen LogP contribution in [0.4, 0.5) is 5.69 Å². The Labute approximate surface area is 149 Å². The average Bonchev–Trinajstić information content (AvgIpc) is 2.58. The Hall–Kier alpha value is -1.90. The second-order valence-electron chi connectivity index (χ2n) is 5.49. The topological polar surface area (TPSA) is 83.6 Å². The van der Waals surface area contributed by atoms with Gasteiger partial charge in [0.2, 0.25) is 10.0 Å². The zero-order chi connectivity index (χ0) is 18.7. The number of aryl methyl sites for hydroxylation is 1. The minimum absolute atomic E-state index is 0.101. The number of sulfonamides is 2. The Kier molecular flexibility index (Phi) is 5.87. The van der Waals surface area contributed by atoms with Crippen LogP contribution in [0.2, 0.25) is 0 Å². The van der Waals surface area contributed by atoms with E-state index < -0.39 is 20.0 Å². The van der Waals surface area contributed by atoms with Crippen molar-refractivity contribution in [3.05, 3.63) is 54.1 Å². The molecule has 8 heteroatoms. The van der Waals surface area contributed by atoms with Gasteiger partial charge >= 0.3 is 0 Å². The molecule has 0 spiro atoms. The highest BCUT2D eigenvalue weighted by Crippen LogP contribution is 2.25. The first kappa shape index (κ1) is 19.4. The normalized spacial score (nSPS) is 12.3. The minimum Gasteiger partial charge on any atom is -0.280 e. The van der Waals surface area contributed by atoms with Crippen molar-refractivity contribution in [1.82, 2.24) is 4.31 Å². The van der Waals surface area contributed by atoms with E-state index in [2.05, 4.69) is 4.72 Å². The lowest BCUT2D eigenvalue weighted by molar-refractivity contribution is 0.445. The lowest BCUT2D eigenvalue weighted by Gasteiger charge is -2.20. The highest BCUT2D eigenvalue weighted by molar-refractivity contribution is 7.92. The number of hydrogen-bond donors (Lipinski definition) is 1. The Bertz CT molecular complexity index is 936. The number of benzene rings is 2. The molecular weight excluding hydrogens is 360 g/mol. The van der Waals surface area contributed by atoms with Crippen LogP contribution in [0.3, 0.4) is 0 Å². The molecule has 25 heavy (non-hydrogen) atoms. The van der Waals surface area contributed by atoms with Gasteiger partial charge in [-0.15, -0.1) is 0 Å². The van der Waals surface area contributed by atoms with E-state index in [1.807, 2.05) is 0 Å². The van der Waals surface area contributed by atoms with Gasteiger partial charge in [0.25, 0.3) is 10.0 Å². The molecule has 0 aliphatic carbocycles. The average molecular weight is 383 g/mol. The van der Waals surface area contributed by atoms with Crippen LogP contribution in [-0.2, 0) is 20.0 Å². The Morgan fingerprint density at radius 1 is 0.920 bits per heavy atom. The molecule has 0 aliphatic heterocycles. The fourth-order valence-corrected chi connectivity index (χ4v) is 5.24. The van der Waals surface area contributed by atoms with Gasteiger partial charge in [-0.1, -0.05) is 38.1 Å². The van der Waals surface area contributed by atoms with Crippen LogP contribution in [-0.4, -0.2) is 34.2 Å². The highest BCUT2D eigenvalue weighted by atomic mass is 32.2. The van der Waals surface area contributed by atoms with E-state index in [-0.39, 0.29) is 15.5 Å². The zero-order valence-electron chi connectivity index (χ0n) is 14.4. The van der Waals surface area contributed by atoms with Gasteiger partial charge in [-0.05, 0) is 36.8 Å². The molecule has 0 fully saturated rings. The van der Waals surface area contributed by atoms with Crippen LogP contribution in [0.15, 0.2) is 58.3 Å². The van der Waals surface area contributed by atoms with E-state index in [1.165, 1.54) is 22.5 Å². The van der Waals surface area contributed by atoms with Gasteiger partial charge in [-0.25, -0.2) is 16.8 Å². The summed E-state index contributed by atoms with van der Waals surface area (Å²) < 4.78 is 54.1. The largest absolute Gasteiger partial charge is 0.280 e. The second kappa shape index (κ2) is 7.55. The summed E-state index contributed by atoms with van der Waals surface area (Å²) in [7, 11) is -7.45. The van der Waals surface area contributed by atoms with Gasteiger partial charge in [-0.3, -0.25) is 4.72 Å². The smallest absolute Gasteiger partial charge is 0.261 e.